The van der Waals surface area contributed by atoms with Gasteiger partial charge in [0.15, 0.2) is 5.82 Å². The Morgan fingerprint density at radius 2 is 2.07 bits per heavy atom. The van der Waals surface area contributed by atoms with Crippen molar-refractivity contribution in [2.45, 2.75) is 31.5 Å². The molecular formula is C19H20FN7. The van der Waals surface area contributed by atoms with E-state index < -0.39 is 5.95 Å². The average molecular weight is 365 g/mol. The van der Waals surface area contributed by atoms with Gasteiger partial charge in [0.2, 0.25) is 5.95 Å². The van der Waals surface area contributed by atoms with Crippen molar-refractivity contribution in [3.05, 3.63) is 42.6 Å². The van der Waals surface area contributed by atoms with Gasteiger partial charge < -0.3 is 4.90 Å². The van der Waals surface area contributed by atoms with E-state index in [0.717, 1.165) is 18.4 Å². The highest BCUT2D eigenvalue weighted by Gasteiger charge is 2.43. The van der Waals surface area contributed by atoms with Crippen molar-refractivity contribution < 1.29 is 4.39 Å². The van der Waals surface area contributed by atoms with Crippen LogP contribution in [0.5, 0.6) is 0 Å². The predicted octanol–water partition coefficient (Wildman–Crippen LogP) is 2.70. The standard InChI is InChI=1S/C19H20FN7/c1-26(18-9-13-3-2-8-27(13)18)17-7-6-16(24-25-17)15-5-4-14(19(20)23-15)12-10-21-22-11-12/h4-7,10-11,13,18H,2-3,8-9H2,1H3,(H,21,22). The Kier molecular flexibility index (Phi) is 3.86. The number of H-pyrrole nitrogens is 1. The normalized spacial score (nSPS) is 21.7. The molecule has 2 atom stereocenters. The molecule has 0 bridgehead atoms. The number of nitrogens with one attached hydrogen (secondary N) is 1. The minimum Gasteiger partial charge on any atom is -0.342 e. The molecule has 3 aromatic rings. The number of fused-ring (bicyclic) bond motifs is 1. The van der Waals surface area contributed by atoms with E-state index in [4.69, 9.17) is 0 Å². The maximum absolute atomic E-state index is 14.4. The number of rotatable bonds is 4. The average Bonchev–Trinajstić information content (AvgIpc) is 3.32. The molecule has 27 heavy (non-hydrogen) atoms. The van der Waals surface area contributed by atoms with E-state index in [9.17, 15) is 4.39 Å². The first kappa shape index (κ1) is 16.3. The SMILES string of the molecule is CN(c1ccc(-c2ccc(-c3cn[nH]c3)c(F)n2)nn1)C1CC2CCCN21. The maximum atomic E-state index is 14.4. The van der Waals surface area contributed by atoms with Gasteiger partial charge in [-0.15, -0.1) is 10.2 Å². The zero-order valence-electron chi connectivity index (χ0n) is 15.0. The molecule has 2 aliphatic heterocycles. The molecule has 2 fully saturated rings. The number of hydrogen-bond donors (Lipinski definition) is 1. The van der Waals surface area contributed by atoms with Gasteiger partial charge in [-0.2, -0.15) is 9.49 Å². The topological polar surface area (TPSA) is 73.8 Å². The van der Waals surface area contributed by atoms with E-state index in [1.54, 1.807) is 24.5 Å². The summed E-state index contributed by atoms with van der Waals surface area (Å²) in [5, 5.41) is 15.1. The minimum atomic E-state index is -0.550. The van der Waals surface area contributed by atoms with Gasteiger partial charge in [-0.3, -0.25) is 10.00 Å². The quantitative estimate of drug-likeness (QED) is 0.717. The maximum Gasteiger partial charge on any atom is 0.221 e. The number of anilines is 1. The molecule has 0 saturated carbocycles. The molecule has 5 heterocycles. The second-order valence-electron chi connectivity index (χ2n) is 7.16. The number of nitrogens with zero attached hydrogens (tertiary/aromatic N) is 6. The molecule has 2 aliphatic rings. The molecule has 2 unspecified atom stereocenters. The van der Waals surface area contributed by atoms with Crippen LogP contribution in [0.2, 0.25) is 0 Å². The summed E-state index contributed by atoms with van der Waals surface area (Å²) in [5.74, 6) is 0.274. The first-order valence-electron chi connectivity index (χ1n) is 9.19. The fourth-order valence-electron chi connectivity index (χ4n) is 4.12. The molecule has 8 heteroatoms. The minimum absolute atomic E-state index is 0.405. The number of aromatic nitrogens is 5. The van der Waals surface area contributed by atoms with Crippen molar-refractivity contribution in [1.29, 1.82) is 0 Å². The van der Waals surface area contributed by atoms with Crippen LogP contribution in [0.3, 0.4) is 0 Å². The number of aromatic amines is 1. The van der Waals surface area contributed by atoms with Crippen molar-refractivity contribution >= 4 is 5.82 Å². The van der Waals surface area contributed by atoms with E-state index in [1.165, 1.54) is 19.3 Å². The molecule has 0 aromatic carbocycles. The van der Waals surface area contributed by atoms with E-state index in [1.807, 2.05) is 12.1 Å². The summed E-state index contributed by atoms with van der Waals surface area (Å²) in [5.41, 5.74) is 2.08. The van der Waals surface area contributed by atoms with Crippen LogP contribution in [0.25, 0.3) is 22.5 Å². The second-order valence-corrected chi connectivity index (χ2v) is 7.16. The monoisotopic (exact) mass is 365 g/mol. The van der Waals surface area contributed by atoms with Gasteiger partial charge in [0, 0.05) is 37.0 Å². The first-order chi connectivity index (χ1) is 13.2. The summed E-state index contributed by atoms with van der Waals surface area (Å²) in [4.78, 5) is 8.75. The Hall–Kier alpha value is -2.87. The van der Waals surface area contributed by atoms with Gasteiger partial charge in [-0.05, 0) is 43.5 Å². The fraction of sp³-hybridized carbons (Fsp3) is 0.368. The van der Waals surface area contributed by atoms with Crippen molar-refractivity contribution in [2.24, 2.45) is 0 Å². The van der Waals surface area contributed by atoms with Gasteiger partial charge in [0.25, 0.3) is 0 Å². The largest absolute Gasteiger partial charge is 0.342 e. The summed E-state index contributed by atoms with van der Waals surface area (Å²) in [7, 11) is 2.06. The lowest BCUT2D eigenvalue weighted by atomic mass is 9.99. The molecule has 5 rings (SSSR count). The molecule has 0 spiro atoms. The number of hydrogen-bond acceptors (Lipinski definition) is 6. The predicted molar refractivity (Wildman–Crippen MR) is 99.3 cm³/mol. The van der Waals surface area contributed by atoms with Crippen LogP contribution >= 0.6 is 0 Å². The van der Waals surface area contributed by atoms with Crippen LogP contribution in [0.1, 0.15) is 19.3 Å². The molecule has 0 aliphatic carbocycles. The van der Waals surface area contributed by atoms with E-state index >= 15 is 0 Å². The van der Waals surface area contributed by atoms with Crippen LogP contribution in [-0.4, -0.2) is 56.1 Å². The highest BCUT2D eigenvalue weighted by molar-refractivity contribution is 5.65. The summed E-state index contributed by atoms with van der Waals surface area (Å²) in [6.45, 7) is 1.16. The Morgan fingerprint density at radius 1 is 1.19 bits per heavy atom. The van der Waals surface area contributed by atoms with E-state index in [-0.39, 0.29) is 0 Å². The highest BCUT2D eigenvalue weighted by atomic mass is 19.1. The molecule has 0 radical (unpaired) electrons. The van der Waals surface area contributed by atoms with Crippen molar-refractivity contribution in [1.82, 2.24) is 30.3 Å². The van der Waals surface area contributed by atoms with Crippen molar-refractivity contribution in [3.8, 4) is 22.5 Å². The van der Waals surface area contributed by atoms with Gasteiger partial charge >= 0.3 is 0 Å². The van der Waals surface area contributed by atoms with Crippen LogP contribution in [-0.2, 0) is 0 Å². The number of halogens is 1. The van der Waals surface area contributed by atoms with E-state index in [0.29, 0.717) is 28.7 Å². The Morgan fingerprint density at radius 3 is 2.78 bits per heavy atom. The molecule has 7 nitrogen and oxygen atoms in total. The van der Waals surface area contributed by atoms with Crippen LogP contribution in [0.15, 0.2) is 36.7 Å². The van der Waals surface area contributed by atoms with Gasteiger partial charge in [-0.25, -0.2) is 4.98 Å². The lowest BCUT2D eigenvalue weighted by molar-refractivity contribution is 0.0550. The Bertz CT molecular complexity index is 941. The lowest BCUT2D eigenvalue weighted by Crippen LogP contribution is -2.59. The summed E-state index contributed by atoms with van der Waals surface area (Å²) >= 11 is 0. The zero-order chi connectivity index (χ0) is 18.4. The van der Waals surface area contributed by atoms with E-state index in [2.05, 4.69) is 42.2 Å². The summed E-state index contributed by atoms with van der Waals surface area (Å²) in [6, 6.07) is 7.95. The van der Waals surface area contributed by atoms with Crippen molar-refractivity contribution in [3.63, 3.8) is 0 Å². The third-order valence-electron chi connectivity index (χ3n) is 5.67. The molecule has 2 saturated heterocycles. The van der Waals surface area contributed by atoms with Crippen molar-refractivity contribution in [2.75, 3.05) is 18.5 Å². The lowest BCUT2D eigenvalue weighted by Gasteiger charge is -2.49. The van der Waals surface area contributed by atoms with Gasteiger partial charge in [0.05, 0.1) is 18.1 Å². The molecular weight excluding hydrogens is 345 g/mol. The fourth-order valence-corrected chi connectivity index (χ4v) is 4.12. The molecule has 138 valence electrons. The highest BCUT2D eigenvalue weighted by Crippen LogP contribution is 2.37. The second kappa shape index (κ2) is 6.38. The third kappa shape index (κ3) is 2.76. The zero-order valence-corrected chi connectivity index (χ0v) is 15.0. The third-order valence-corrected chi connectivity index (χ3v) is 5.67. The summed E-state index contributed by atoms with van der Waals surface area (Å²) in [6.07, 6.45) is 7.38. The van der Waals surface area contributed by atoms with Gasteiger partial charge in [-0.1, -0.05) is 0 Å². The molecule has 3 aromatic heterocycles. The van der Waals surface area contributed by atoms with Gasteiger partial charge in [0.1, 0.15) is 5.69 Å². The Labute approximate surface area is 156 Å². The van der Waals surface area contributed by atoms with Crippen LogP contribution < -0.4 is 4.90 Å². The van der Waals surface area contributed by atoms with Crippen LogP contribution in [0.4, 0.5) is 10.2 Å². The molecule has 0 amide bonds. The summed E-state index contributed by atoms with van der Waals surface area (Å²) < 4.78 is 14.4. The Balaban J connectivity index is 1.35. The number of pyridine rings is 1. The smallest absolute Gasteiger partial charge is 0.221 e. The molecule has 1 N–H and O–H groups in total. The first-order valence-corrected chi connectivity index (χ1v) is 9.19. The van der Waals surface area contributed by atoms with Crippen LogP contribution in [0, 0.1) is 5.95 Å².